The van der Waals surface area contributed by atoms with Crippen LogP contribution in [0.3, 0.4) is 0 Å². The second-order valence-electron chi connectivity index (χ2n) is 5.50. The summed E-state index contributed by atoms with van der Waals surface area (Å²) >= 11 is 0. The molecule has 0 aromatic heterocycles. The topological polar surface area (TPSA) is 70.6 Å². The molecular formula is C18H24IN3O2S. The second kappa shape index (κ2) is 10.4. The Morgan fingerprint density at radius 2 is 1.60 bits per heavy atom. The molecule has 5 nitrogen and oxygen atoms in total. The zero-order chi connectivity index (χ0) is 17.4. The van der Waals surface area contributed by atoms with Gasteiger partial charge in [-0.15, -0.1) is 24.0 Å². The van der Waals surface area contributed by atoms with Gasteiger partial charge in [-0.25, -0.2) is 8.42 Å². The van der Waals surface area contributed by atoms with Crippen molar-refractivity contribution in [2.75, 3.05) is 19.8 Å². The lowest BCUT2D eigenvalue weighted by Gasteiger charge is -2.12. The summed E-state index contributed by atoms with van der Waals surface area (Å²) < 4.78 is 22.9. The van der Waals surface area contributed by atoms with Crippen molar-refractivity contribution < 1.29 is 8.42 Å². The molecule has 0 atom stereocenters. The van der Waals surface area contributed by atoms with Gasteiger partial charge in [-0.2, -0.15) is 0 Å². The van der Waals surface area contributed by atoms with Gasteiger partial charge in [-0.3, -0.25) is 4.99 Å². The lowest BCUT2D eigenvalue weighted by atomic mass is 10.1. The predicted molar refractivity (Wildman–Crippen MR) is 113 cm³/mol. The van der Waals surface area contributed by atoms with Crippen LogP contribution in [0.25, 0.3) is 0 Å². The van der Waals surface area contributed by atoms with Gasteiger partial charge >= 0.3 is 0 Å². The fraction of sp³-hybridized carbons (Fsp3) is 0.278. The van der Waals surface area contributed by atoms with E-state index >= 15 is 0 Å². The molecule has 0 aliphatic rings. The van der Waals surface area contributed by atoms with Gasteiger partial charge in [0.15, 0.2) is 15.8 Å². The average Bonchev–Trinajstić information content (AvgIpc) is 2.58. The number of aliphatic imine (C=N–C) groups is 1. The molecule has 2 rings (SSSR count). The second-order valence-corrected chi connectivity index (χ2v) is 7.52. The van der Waals surface area contributed by atoms with Crippen molar-refractivity contribution in [2.24, 2.45) is 4.99 Å². The van der Waals surface area contributed by atoms with Crippen LogP contribution in [0.1, 0.15) is 11.1 Å². The lowest BCUT2D eigenvalue weighted by Crippen LogP contribution is -2.37. The maximum atomic E-state index is 11.4. The number of hydrogen-bond donors (Lipinski definition) is 2. The Labute approximate surface area is 166 Å². The molecule has 0 bridgehead atoms. The minimum atomic E-state index is -3.15. The monoisotopic (exact) mass is 473 g/mol. The summed E-state index contributed by atoms with van der Waals surface area (Å²) in [6.45, 7) is 1.37. The molecule has 2 aromatic rings. The van der Waals surface area contributed by atoms with Crippen molar-refractivity contribution in [1.82, 2.24) is 10.6 Å². The van der Waals surface area contributed by atoms with Crippen LogP contribution in [0.4, 0.5) is 0 Å². The first kappa shape index (κ1) is 21.4. The van der Waals surface area contributed by atoms with E-state index < -0.39 is 9.84 Å². The van der Waals surface area contributed by atoms with Crippen LogP contribution in [0.2, 0.25) is 0 Å². The van der Waals surface area contributed by atoms with Gasteiger partial charge in [0.2, 0.25) is 0 Å². The smallest absolute Gasteiger partial charge is 0.191 e. The van der Waals surface area contributed by atoms with Gasteiger partial charge in [0, 0.05) is 26.4 Å². The first-order valence-electron chi connectivity index (χ1n) is 7.76. The first-order chi connectivity index (χ1) is 11.5. The van der Waals surface area contributed by atoms with E-state index in [1.807, 2.05) is 18.2 Å². The molecule has 0 heterocycles. The number of hydrogen-bond acceptors (Lipinski definition) is 3. The van der Waals surface area contributed by atoms with Gasteiger partial charge in [0.1, 0.15) is 0 Å². The summed E-state index contributed by atoms with van der Waals surface area (Å²) in [4.78, 5) is 4.52. The highest BCUT2D eigenvalue weighted by molar-refractivity contribution is 14.0. The van der Waals surface area contributed by atoms with Crippen molar-refractivity contribution in [3.63, 3.8) is 0 Å². The molecule has 2 N–H and O–H groups in total. The molecule has 0 aliphatic carbocycles. The van der Waals surface area contributed by atoms with Crippen molar-refractivity contribution in [2.45, 2.75) is 17.9 Å². The third-order valence-electron chi connectivity index (χ3n) is 3.58. The molecule has 0 unspecified atom stereocenters. The molecule has 0 fully saturated rings. The normalized spacial score (nSPS) is 11.5. The van der Waals surface area contributed by atoms with E-state index in [1.54, 1.807) is 31.3 Å². The number of sulfone groups is 1. The third kappa shape index (κ3) is 7.43. The van der Waals surface area contributed by atoms with Gasteiger partial charge < -0.3 is 10.6 Å². The van der Waals surface area contributed by atoms with Crippen molar-refractivity contribution in [3.05, 3.63) is 65.7 Å². The highest BCUT2D eigenvalue weighted by Gasteiger charge is 2.06. The third-order valence-corrected chi connectivity index (χ3v) is 4.71. The Bertz CT molecular complexity index is 776. The Morgan fingerprint density at radius 3 is 2.16 bits per heavy atom. The quantitative estimate of drug-likeness (QED) is 0.385. The molecule has 0 aliphatic heterocycles. The van der Waals surface area contributed by atoms with Crippen LogP contribution in [-0.4, -0.2) is 34.2 Å². The van der Waals surface area contributed by atoms with Crippen molar-refractivity contribution >= 4 is 39.8 Å². The maximum absolute atomic E-state index is 11.4. The fourth-order valence-corrected chi connectivity index (χ4v) is 2.86. The molecular weight excluding hydrogens is 449 g/mol. The van der Waals surface area contributed by atoms with Crippen LogP contribution in [0, 0.1) is 0 Å². The summed E-state index contributed by atoms with van der Waals surface area (Å²) in [6, 6.07) is 17.1. The van der Waals surface area contributed by atoms with Crippen LogP contribution in [0.5, 0.6) is 0 Å². The number of nitrogens with zero attached hydrogens (tertiary/aromatic N) is 1. The van der Waals surface area contributed by atoms with E-state index in [4.69, 9.17) is 0 Å². The Hall–Kier alpha value is -1.61. The number of rotatable bonds is 6. The van der Waals surface area contributed by atoms with E-state index in [-0.39, 0.29) is 24.0 Å². The van der Waals surface area contributed by atoms with E-state index in [9.17, 15) is 8.42 Å². The SMILES string of the molecule is CN=C(NCCc1ccccc1)NCc1ccc(S(C)(=O)=O)cc1.I. The van der Waals surface area contributed by atoms with Gasteiger partial charge in [-0.05, 0) is 29.7 Å². The zero-order valence-corrected chi connectivity index (χ0v) is 17.5. The molecule has 0 saturated heterocycles. The van der Waals surface area contributed by atoms with Crippen LogP contribution >= 0.6 is 24.0 Å². The summed E-state index contributed by atoms with van der Waals surface area (Å²) in [6.07, 6.45) is 2.13. The average molecular weight is 473 g/mol. The molecule has 136 valence electrons. The minimum Gasteiger partial charge on any atom is -0.356 e. The fourth-order valence-electron chi connectivity index (χ4n) is 2.23. The largest absolute Gasteiger partial charge is 0.356 e. The maximum Gasteiger partial charge on any atom is 0.191 e. The molecule has 0 saturated carbocycles. The van der Waals surface area contributed by atoms with E-state index in [0.717, 1.165) is 24.5 Å². The summed E-state index contributed by atoms with van der Waals surface area (Å²) in [5.74, 6) is 0.720. The van der Waals surface area contributed by atoms with E-state index in [1.165, 1.54) is 11.8 Å². The van der Waals surface area contributed by atoms with Gasteiger partial charge in [-0.1, -0.05) is 42.5 Å². The number of halogens is 1. The highest BCUT2D eigenvalue weighted by atomic mass is 127. The van der Waals surface area contributed by atoms with Gasteiger partial charge in [0.05, 0.1) is 4.90 Å². The van der Waals surface area contributed by atoms with Crippen molar-refractivity contribution in [1.29, 1.82) is 0 Å². The summed E-state index contributed by atoms with van der Waals surface area (Å²) in [5.41, 5.74) is 2.27. The van der Waals surface area contributed by atoms with Crippen LogP contribution in [0.15, 0.2) is 64.5 Å². The molecule has 2 aromatic carbocycles. The van der Waals surface area contributed by atoms with Crippen LogP contribution < -0.4 is 10.6 Å². The molecule has 0 amide bonds. The first-order valence-corrected chi connectivity index (χ1v) is 9.65. The predicted octanol–water partition coefficient (Wildman–Crippen LogP) is 2.62. The van der Waals surface area contributed by atoms with Gasteiger partial charge in [0.25, 0.3) is 0 Å². The number of benzene rings is 2. The Balaban J connectivity index is 0.00000312. The summed E-state index contributed by atoms with van der Waals surface area (Å²) in [5, 5.41) is 6.49. The van der Waals surface area contributed by atoms with E-state index in [2.05, 4.69) is 27.8 Å². The number of nitrogens with one attached hydrogen (secondary N) is 2. The molecule has 0 radical (unpaired) electrons. The standard InChI is InChI=1S/C18H23N3O2S.HI/c1-19-18(20-13-12-15-6-4-3-5-7-15)21-14-16-8-10-17(11-9-16)24(2,22)23;/h3-11H,12-14H2,1-2H3,(H2,19,20,21);1H. The van der Waals surface area contributed by atoms with E-state index in [0.29, 0.717) is 11.4 Å². The zero-order valence-electron chi connectivity index (χ0n) is 14.4. The molecule has 7 heteroatoms. The molecule has 25 heavy (non-hydrogen) atoms. The Morgan fingerprint density at radius 1 is 0.960 bits per heavy atom. The van der Waals surface area contributed by atoms with Crippen molar-refractivity contribution in [3.8, 4) is 0 Å². The lowest BCUT2D eigenvalue weighted by molar-refractivity contribution is 0.602. The Kier molecular flexibility index (Phi) is 8.91. The van der Waals surface area contributed by atoms with Crippen LogP contribution in [-0.2, 0) is 22.8 Å². The molecule has 0 spiro atoms. The number of guanidine groups is 1. The highest BCUT2D eigenvalue weighted by Crippen LogP contribution is 2.10. The minimum absolute atomic E-state index is 0. The summed E-state index contributed by atoms with van der Waals surface area (Å²) in [7, 11) is -1.42.